The Morgan fingerprint density at radius 2 is 1.89 bits per heavy atom. The van der Waals surface area contributed by atoms with Crippen LogP contribution in [0.4, 0.5) is 0 Å². The van der Waals surface area contributed by atoms with E-state index in [0.717, 1.165) is 12.0 Å². The van der Waals surface area contributed by atoms with Crippen molar-refractivity contribution in [1.82, 2.24) is 19.9 Å². The molecule has 2 aromatic carbocycles. The maximum atomic E-state index is 12.4. The van der Waals surface area contributed by atoms with Gasteiger partial charge in [-0.05, 0) is 31.0 Å². The van der Waals surface area contributed by atoms with Gasteiger partial charge in [-0.3, -0.25) is 4.79 Å². The number of carbonyl (C=O) groups is 1. The predicted octanol–water partition coefficient (Wildman–Crippen LogP) is 3.92. The maximum Gasteiger partial charge on any atom is 0.325 e. The van der Waals surface area contributed by atoms with Gasteiger partial charge in [0.05, 0.1) is 10.7 Å². The van der Waals surface area contributed by atoms with Gasteiger partial charge in [0.2, 0.25) is 5.76 Å². The minimum absolute atomic E-state index is 0.212. The highest BCUT2D eigenvalue weighted by atomic mass is 35.5. The van der Waals surface area contributed by atoms with E-state index >= 15 is 0 Å². The summed E-state index contributed by atoms with van der Waals surface area (Å²) in [5.74, 6) is 0.646. The van der Waals surface area contributed by atoms with Gasteiger partial charge in [-0.1, -0.05) is 54.1 Å². The minimum Gasteiger partial charge on any atom is -0.416 e. The van der Waals surface area contributed by atoms with Crippen molar-refractivity contribution in [3.05, 3.63) is 76.6 Å². The fourth-order valence-corrected chi connectivity index (χ4v) is 3.08. The zero-order chi connectivity index (χ0) is 18.8. The smallest absolute Gasteiger partial charge is 0.325 e. The number of hydrogen-bond acceptors (Lipinski definition) is 4. The minimum atomic E-state index is -0.282. The fourth-order valence-electron chi connectivity index (χ4n) is 2.86. The topological polar surface area (TPSA) is 72.4 Å². The predicted molar refractivity (Wildman–Crippen MR) is 103 cm³/mol. The number of aryl methyl sites for hydroxylation is 1. The number of halogens is 1. The summed E-state index contributed by atoms with van der Waals surface area (Å²) in [6.07, 6.45) is 0.748. The standard InChI is InChI=1S/C20H17ClN4O2/c1-13-17(19(26)22-12-11-14-7-3-2-4-8-14)27-20-23-18(24-25(13)20)15-9-5-6-10-16(15)21/h2-10H,11-12H2,1H3,(H,22,26). The molecule has 0 aliphatic rings. The lowest BCUT2D eigenvalue weighted by molar-refractivity contribution is 0.0927. The van der Waals surface area contributed by atoms with Crippen molar-refractivity contribution in [2.45, 2.75) is 13.3 Å². The van der Waals surface area contributed by atoms with E-state index in [1.807, 2.05) is 48.5 Å². The SMILES string of the molecule is Cc1c(C(=O)NCCc2ccccc2)oc2nc(-c3ccccc3Cl)nn12. The van der Waals surface area contributed by atoms with Crippen LogP contribution in [0.15, 0.2) is 59.0 Å². The highest BCUT2D eigenvalue weighted by molar-refractivity contribution is 6.33. The molecule has 27 heavy (non-hydrogen) atoms. The number of rotatable bonds is 5. The van der Waals surface area contributed by atoms with Crippen LogP contribution >= 0.6 is 11.6 Å². The van der Waals surface area contributed by atoms with Crippen molar-refractivity contribution in [3.63, 3.8) is 0 Å². The lowest BCUT2D eigenvalue weighted by Crippen LogP contribution is -2.26. The van der Waals surface area contributed by atoms with Gasteiger partial charge in [0.15, 0.2) is 5.82 Å². The molecule has 7 heteroatoms. The number of hydrogen-bond donors (Lipinski definition) is 1. The van der Waals surface area contributed by atoms with Crippen molar-refractivity contribution in [2.24, 2.45) is 0 Å². The molecule has 136 valence electrons. The van der Waals surface area contributed by atoms with Crippen molar-refractivity contribution in [1.29, 1.82) is 0 Å². The first kappa shape index (κ1) is 17.3. The molecule has 4 rings (SSSR count). The van der Waals surface area contributed by atoms with E-state index in [9.17, 15) is 4.79 Å². The summed E-state index contributed by atoms with van der Waals surface area (Å²) in [6, 6.07) is 17.3. The molecule has 0 unspecified atom stereocenters. The quantitative estimate of drug-likeness (QED) is 0.569. The number of fused-ring (bicyclic) bond motifs is 1. The molecule has 0 saturated carbocycles. The molecule has 0 bridgehead atoms. The van der Waals surface area contributed by atoms with Gasteiger partial charge < -0.3 is 9.73 Å². The summed E-state index contributed by atoms with van der Waals surface area (Å²) in [5.41, 5.74) is 2.47. The molecule has 0 fully saturated rings. The number of oxazole rings is 1. The Kier molecular flexibility index (Phi) is 4.64. The number of amides is 1. The Morgan fingerprint density at radius 3 is 2.63 bits per heavy atom. The first-order chi connectivity index (χ1) is 13.1. The zero-order valence-corrected chi connectivity index (χ0v) is 15.4. The van der Waals surface area contributed by atoms with Crippen LogP contribution in [0.25, 0.3) is 17.2 Å². The van der Waals surface area contributed by atoms with Crippen LogP contribution in [-0.2, 0) is 6.42 Å². The Balaban J connectivity index is 1.51. The van der Waals surface area contributed by atoms with Crippen LogP contribution in [0.2, 0.25) is 5.02 Å². The fraction of sp³-hybridized carbons (Fsp3) is 0.150. The van der Waals surface area contributed by atoms with E-state index in [-0.39, 0.29) is 17.5 Å². The second kappa shape index (κ2) is 7.25. The lowest BCUT2D eigenvalue weighted by Gasteiger charge is -2.04. The van der Waals surface area contributed by atoms with Gasteiger partial charge in [0.1, 0.15) is 0 Å². The Labute approximate surface area is 160 Å². The highest BCUT2D eigenvalue weighted by Crippen LogP contribution is 2.26. The van der Waals surface area contributed by atoms with Gasteiger partial charge in [0.25, 0.3) is 5.91 Å². The molecule has 0 spiro atoms. The molecule has 0 radical (unpaired) electrons. The average molecular weight is 381 g/mol. The van der Waals surface area contributed by atoms with Gasteiger partial charge >= 0.3 is 5.84 Å². The lowest BCUT2D eigenvalue weighted by atomic mass is 10.1. The average Bonchev–Trinajstić information content (AvgIpc) is 3.22. The van der Waals surface area contributed by atoms with Crippen LogP contribution < -0.4 is 5.32 Å². The van der Waals surface area contributed by atoms with Crippen molar-refractivity contribution >= 4 is 23.4 Å². The summed E-state index contributed by atoms with van der Waals surface area (Å²) >= 11 is 6.20. The summed E-state index contributed by atoms with van der Waals surface area (Å²) < 4.78 is 7.16. The van der Waals surface area contributed by atoms with E-state index in [1.165, 1.54) is 4.52 Å². The molecule has 4 aromatic rings. The monoisotopic (exact) mass is 380 g/mol. The molecule has 1 N–H and O–H groups in total. The third-order valence-corrected chi connectivity index (χ3v) is 4.61. The molecule has 2 aromatic heterocycles. The first-order valence-corrected chi connectivity index (χ1v) is 8.94. The summed E-state index contributed by atoms with van der Waals surface area (Å²) in [6.45, 7) is 2.29. The van der Waals surface area contributed by atoms with E-state index in [0.29, 0.717) is 28.6 Å². The van der Waals surface area contributed by atoms with Gasteiger partial charge in [-0.25, -0.2) is 0 Å². The normalized spacial score (nSPS) is 11.0. The second-order valence-corrected chi connectivity index (χ2v) is 6.52. The van der Waals surface area contributed by atoms with Crippen molar-refractivity contribution < 1.29 is 9.21 Å². The third kappa shape index (κ3) is 3.44. The van der Waals surface area contributed by atoms with Crippen molar-refractivity contribution in [3.8, 4) is 11.4 Å². The summed E-state index contributed by atoms with van der Waals surface area (Å²) in [7, 11) is 0. The molecule has 0 atom stereocenters. The Morgan fingerprint density at radius 1 is 1.15 bits per heavy atom. The largest absolute Gasteiger partial charge is 0.416 e. The molecule has 0 saturated heterocycles. The van der Waals surface area contributed by atoms with Crippen LogP contribution in [0.5, 0.6) is 0 Å². The van der Waals surface area contributed by atoms with Gasteiger partial charge in [0, 0.05) is 12.1 Å². The maximum absolute atomic E-state index is 12.4. The third-order valence-electron chi connectivity index (χ3n) is 4.28. The van der Waals surface area contributed by atoms with Crippen LogP contribution in [0.3, 0.4) is 0 Å². The molecule has 0 aliphatic carbocycles. The summed E-state index contributed by atoms with van der Waals surface area (Å²) in [5, 5.41) is 7.85. The molecule has 1 amide bonds. The second-order valence-electron chi connectivity index (χ2n) is 6.12. The van der Waals surface area contributed by atoms with Gasteiger partial charge in [-0.15, -0.1) is 5.10 Å². The molecular formula is C20H17ClN4O2. The zero-order valence-electron chi connectivity index (χ0n) is 14.6. The number of nitrogens with zero attached hydrogens (tertiary/aromatic N) is 3. The number of aromatic nitrogens is 3. The van der Waals surface area contributed by atoms with Crippen LogP contribution in [-0.4, -0.2) is 27.0 Å². The van der Waals surface area contributed by atoms with E-state index < -0.39 is 0 Å². The number of nitrogens with one attached hydrogen (secondary N) is 1. The van der Waals surface area contributed by atoms with E-state index in [4.69, 9.17) is 16.0 Å². The summed E-state index contributed by atoms with van der Waals surface area (Å²) in [4.78, 5) is 16.8. The number of benzene rings is 2. The number of carbonyl (C=O) groups excluding carboxylic acids is 1. The van der Waals surface area contributed by atoms with E-state index in [1.54, 1.807) is 13.0 Å². The van der Waals surface area contributed by atoms with Crippen molar-refractivity contribution in [2.75, 3.05) is 6.54 Å². The molecular weight excluding hydrogens is 364 g/mol. The Bertz CT molecular complexity index is 1100. The highest BCUT2D eigenvalue weighted by Gasteiger charge is 2.21. The molecule has 0 aliphatic heterocycles. The molecule has 6 nitrogen and oxygen atoms in total. The van der Waals surface area contributed by atoms with E-state index in [2.05, 4.69) is 15.4 Å². The Hall–Kier alpha value is -3.12. The van der Waals surface area contributed by atoms with Crippen LogP contribution in [0, 0.1) is 6.92 Å². The van der Waals surface area contributed by atoms with Gasteiger partial charge in [-0.2, -0.15) is 9.50 Å². The van der Waals surface area contributed by atoms with Crippen LogP contribution in [0.1, 0.15) is 21.8 Å². The first-order valence-electron chi connectivity index (χ1n) is 8.56. The molecule has 2 heterocycles.